The van der Waals surface area contributed by atoms with Crippen molar-refractivity contribution < 1.29 is 118 Å². The maximum absolute atomic E-state index is 14.1. The number of piperidine rings is 2. The summed E-state index contributed by atoms with van der Waals surface area (Å²) in [5.41, 5.74) is 16.1. The summed E-state index contributed by atoms with van der Waals surface area (Å²) >= 11 is 0. The van der Waals surface area contributed by atoms with Crippen LogP contribution in [0.3, 0.4) is 0 Å². The molecule has 3 unspecified atom stereocenters. The number of rotatable bonds is 43. The van der Waals surface area contributed by atoms with Crippen LogP contribution in [0, 0.1) is 29.2 Å². The lowest BCUT2D eigenvalue weighted by Gasteiger charge is -2.38. The minimum absolute atomic E-state index is 0.0116. The number of carbonyl (C=O) groups is 12. The average molecular weight is 2040 g/mol. The normalized spacial score (nSPS) is 17.6. The summed E-state index contributed by atoms with van der Waals surface area (Å²) in [6.45, 7) is 13.9. The molecule has 6 saturated heterocycles. The van der Waals surface area contributed by atoms with E-state index in [9.17, 15) is 75.1 Å². The quantitative estimate of drug-likeness (QED) is 0.00735. The number of carboxylic acid groups (broad SMARTS) is 1. The third-order valence-electron chi connectivity index (χ3n) is 25.5. The highest BCUT2D eigenvalue weighted by Gasteiger charge is 2.45. The molecular formula is C104H122F4N18O21. The number of carboxylic acids is 1. The Hall–Kier alpha value is -14.3. The highest BCUT2D eigenvalue weighted by Crippen LogP contribution is 2.35. The van der Waals surface area contributed by atoms with Gasteiger partial charge >= 0.3 is 5.97 Å². The molecule has 17 rings (SSSR count). The number of hydrogen-bond donors (Lipinski definition) is 13. The van der Waals surface area contributed by atoms with Crippen LogP contribution >= 0.6 is 0 Å². The summed E-state index contributed by atoms with van der Waals surface area (Å²) in [6.07, 6.45) is 11.1. The zero-order chi connectivity index (χ0) is 104. The highest BCUT2D eigenvalue weighted by molar-refractivity contribution is 6.24. The molecule has 7 aliphatic heterocycles. The molecule has 9 heterocycles. The zero-order valence-corrected chi connectivity index (χ0v) is 81.3. The number of piperazine rings is 2. The van der Waals surface area contributed by atoms with Crippen molar-refractivity contribution in [2.24, 2.45) is 11.7 Å². The van der Waals surface area contributed by atoms with E-state index in [1.807, 2.05) is 53.4 Å². The Labute approximate surface area is 844 Å². The first-order valence-corrected chi connectivity index (χ1v) is 49.2. The molecule has 2 aromatic heterocycles. The largest absolute Gasteiger partial charge is 0.481 e. The van der Waals surface area contributed by atoms with Crippen molar-refractivity contribution in [3.05, 3.63) is 224 Å². The molecule has 9 amide bonds. The molecule has 147 heavy (non-hydrogen) atoms. The maximum atomic E-state index is 14.1. The minimum atomic E-state index is -1.02. The first-order chi connectivity index (χ1) is 71.3. The van der Waals surface area contributed by atoms with E-state index in [-0.39, 0.29) is 91.6 Å². The third kappa shape index (κ3) is 31.9. The molecule has 0 radical (unpaired) electrons. The topological polar surface area (TPSA) is 504 Å². The lowest BCUT2D eigenvalue weighted by molar-refractivity contribution is -0.139. The standard InChI is InChI=1S/C52H59F2N9O10.C30H32F2N6O2.C17H23NO7.C5H8N2O2/c53-34-26-33(27-35(54)29-34)25-32-1-6-43-42(28-32)48(60-59-43)58-49(66)40-5-3-38(31-44(40)56-36-9-17-70-18-10-36)61-13-15-62(16-14-61)47(65)11-19-71-21-23-73-24-22-72-20-12-55-37-2-4-39-41(30-37)52(69)63(51(39)68)45-7-8-46(64)57-50(45)67;31-21-14-20(15-22(32)17-21)13-19-1-4-27-26(16-19)29(37-36-27)35-30(39)25-3-2-24(38-9-7-33-8-10-38)18-28(25)34-23-5-11-40-12-6-23;19-12-14-1-2-16(11-15(14)13-20)18-4-6-24-8-10-25-9-7-23-5-3-17(21)22;6-3-1-2-4(8)7-5(3)9/h1-4,6,26-31,36,40,45,55-56H,5,7-25H2,(H,57,64,67)(H2,58,59,60,66);1-4,14-18,23,33-34H,5-13H2,(H2,35,36,37,39);1-2,11-13,18H,3-10H2,(H,21,22);3H,1-2,6H2,(H,7,8,9). The van der Waals surface area contributed by atoms with Crippen LogP contribution in [-0.4, -0.2) is 307 Å². The van der Waals surface area contributed by atoms with Gasteiger partial charge in [0.2, 0.25) is 35.4 Å². The molecule has 0 bridgehead atoms. The number of aromatic nitrogens is 4. The number of aliphatic carboxylic acids is 1. The number of ether oxygens (including phenoxy) is 8. The molecule has 14 N–H and O–H groups in total. The van der Waals surface area contributed by atoms with Crippen LogP contribution < -0.4 is 58.5 Å². The number of nitrogens with zero attached hydrogens (tertiary/aromatic N) is 6. The number of fused-ring (bicyclic) bond motifs is 3. The summed E-state index contributed by atoms with van der Waals surface area (Å²) in [6, 6.07) is 32.6. The first kappa shape index (κ1) is 108. The van der Waals surface area contributed by atoms with Crippen molar-refractivity contribution in [1.29, 1.82) is 0 Å². The van der Waals surface area contributed by atoms with Gasteiger partial charge in [0.25, 0.3) is 17.7 Å². The Bertz CT molecular complexity index is 6160. The van der Waals surface area contributed by atoms with Crippen molar-refractivity contribution in [3.63, 3.8) is 0 Å². The van der Waals surface area contributed by atoms with Gasteiger partial charge in [0.15, 0.2) is 24.2 Å². The van der Waals surface area contributed by atoms with Crippen LogP contribution in [0.4, 0.5) is 51.9 Å². The molecule has 8 aliphatic rings. The van der Waals surface area contributed by atoms with Gasteiger partial charge in [-0.3, -0.25) is 83.3 Å². The predicted molar refractivity (Wildman–Crippen MR) is 535 cm³/mol. The van der Waals surface area contributed by atoms with Crippen LogP contribution in [-0.2, 0) is 84.3 Å². The minimum Gasteiger partial charge on any atom is -0.481 e. The number of aromatic amines is 2. The number of carbonyl (C=O) groups excluding carboxylic acids is 11. The van der Waals surface area contributed by atoms with Crippen molar-refractivity contribution in [3.8, 4) is 0 Å². The molecule has 0 spiro atoms. The van der Waals surface area contributed by atoms with Gasteiger partial charge in [-0.2, -0.15) is 10.2 Å². The second-order valence-corrected chi connectivity index (χ2v) is 35.9. The number of benzene rings is 7. The second-order valence-electron chi connectivity index (χ2n) is 35.9. The molecule has 3 atom stereocenters. The predicted octanol–water partition coefficient (Wildman–Crippen LogP) is 8.71. The molecule has 6 fully saturated rings. The smallest absolute Gasteiger partial charge is 0.305 e. The average Bonchev–Trinajstić information content (AvgIpc) is 1.61. The Morgan fingerprint density at radius 2 is 1.02 bits per heavy atom. The number of halogens is 4. The number of imide groups is 3. The number of nitrogens with one attached hydrogen (secondary N) is 11. The zero-order valence-electron chi connectivity index (χ0n) is 81.3. The van der Waals surface area contributed by atoms with Crippen LogP contribution in [0.2, 0.25) is 0 Å². The van der Waals surface area contributed by atoms with E-state index in [4.69, 9.17) is 48.7 Å². The number of aldehydes is 2. The van der Waals surface area contributed by atoms with Gasteiger partial charge < -0.3 is 101 Å². The summed E-state index contributed by atoms with van der Waals surface area (Å²) in [7, 11) is 0. The van der Waals surface area contributed by atoms with E-state index in [1.165, 1.54) is 24.3 Å². The van der Waals surface area contributed by atoms with Gasteiger partial charge in [-0.05, 0) is 189 Å². The summed E-state index contributed by atoms with van der Waals surface area (Å²) in [5.74, 6) is -6.37. The summed E-state index contributed by atoms with van der Waals surface area (Å²) in [4.78, 5) is 151. The lowest BCUT2D eigenvalue weighted by atomic mass is 9.92. The van der Waals surface area contributed by atoms with Gasteiger partial charge in [-0.25, -0.2) is 17.6 Å². The third-order valence-corrected chi connectivity index (χ3v) is 25.5. The van der Waals surface area contributed by atoms with Gasteiger partial charge in [0, 0.05) is 185 Å². The number of H-pyrrole nitrogens is 2. The van der Waals surface area contributed by atoms with Crippen molar-refractivity contribution in [2.45, 2.75) is 108 Å². The van der Waals surface area contributed by atoms with Crippen LogP contribution in [0.1, 0.15) is 145 Å². The lowest BCUT2D eigenvalue weighted by Crippen LogP contribution is -2.54. The van der Waals surface area contributed by atoms with Crippen LogP contribution in [0.5, 0.6) is 0 Å². The Kier molecular flexibility index (Phi) is 40.4. The second kappa shape index (κ2) is 54.8. The van der Waals surface area contributed by atoms with Crippen molar-refractivity contribution >= 4 is 128 Å². The van der Waals surface area contributed by atoms with E-state index in [1.54, 1.807) is 36.4 Å². The van der Waals surface area contributed by atoms with Gasteiger partial charge in [-0.15, -0.1) is 0 Å². The SMILES string of the molecule is NC1CCC(=O)NC1=O.O=C(Nc1n[nH]c2ccc(Cc3cc(F)cc(F)c3)cc12)c1ccc(N2CCNCC2)cc1NC1CCOCC1.O=C1CCC(N2C(=O)c3ccc(NCCOCCOCCOCCC(=O)N4CCN(C5=CCC(C(=O)Nc6n[nH]c7ccc(Cc8cc(F)cc(F)c8)cc67)C(NC6CCOCC6)=C5)CC4)cc3C2=O)C(=O)N1.O=Cc1ccc(NCCOCCOCCOCCC(=O)O)cc1C=O. The van der Waals surface area contributed by atoms with Gasteiger partial charge in [0.1, 0.15) is 29.3 Å². The Morgan fingerprint density at radius 3 is 1.57 bits per heavy atom. The monoisotopic (exact) mass is 2030 g/mol. The number of allylic oxidation sites excluding steroid dienone is 2. The van der Waals surface area contributed by atoms with Gasteiger partial charge in [0.05, 0.1) is 132 Å². The number of anilines is 6. The molecule has 1 aliphatic carbocycles. The van der Waals surface area contributed by atoms with Crippen LogP contribution in [0.25, 0.3) is 21.8 Å². The molecule has 43 heteroatoms. The molecule has 9 aromatic rings. The van der Waals surface area contributed by atoms with E-state index in [0.29, 0.717) is 232 Å². The number of nitrogens with two attached hydrogens (primary N) is 1. The summed E-state index contributed by atoms with van der Waals surface area (Å²) in [5, 5.41) is 51.7. The molecule has 39 nitrogen and oxygen atoms in total. The van der Waals surface area contributed by atoms with E-state index in [0.717, 1.165) is 119 Å². The molecule has 0 saturated carbocycles. The molecule has 782 valence electrons. The van der Waals surface area contributed by atoms with E-state index in [2.05, 4.69) is 96.3 Å². The van der Waals surface area contributed by atoms with Crippen LogP contribution in [0.15, 0.2) is 151 Å². The maximum Gasteiger partial charge on any atom is 0.305 e. The van der Waals surface area contributed by atoms with E-state index < -0.39 is 70.9 Å². The summed E-state index contributed by atoms with van der Waals surface area (Å²) < 4.78 is 99.0. The fourth-order valence-corrected chi connectivity index (χ4v) is 17.7. The number of amides is 9. The Morgan fingerprint density at radius 1 is 0.503 bits per heavy atom. The van der Waals surface area contributed by atoms with Gasteiger partial charge in [-0.1, -0.05) is 18.2 Å². The molecule has 7 aromatic carbocycles. The molecular weight excluding hydrogens is 1910 g/mol. The first-order valence-electron chi connectivity index (χ1n) is 49.2. The number of hydrogen-bond acceptors (Lipinski definition) is 30. The van der Waals surface area contributed by atoms with Crippen molar-refractivity contribution in [1.82, 2.24) is 56.4 Å². The fraction of sp³-hybridized carbons (Fsp3) is 0.423. The highest BCUT2D eigenvalue weighted by atomic mass is 19.1. The van der Waals surface area contributed by atoms with E-state index >= 15 is 0 Å². The fourth-order valence-electron chi connectivity index (χ4n) is 17.7. The van der Waals surface area contributed by atoms with Crippen molar-refractivity contribution in [2.75, 3.05) is 203 Å². The Balaban J connectivity index is 0.000000190.